The van der Waals surface area contributed by atoms with E-state index in [1.807, 2.05) is 6.07 Å². The van der Waals surface area contributed by atoms with Crippen LogP contribution in [0.4, 0.5) is 0 Å². The SMILES string of the molecule is C=CCOc1ccc(/C(O)=C2\C(=O)C(=O)N(Cc3cccnc3)C2c2ccccc2OC)cc1. The van der Waals surface area contributed by atoms with Crippen LogP contribution in [0.2, 0.25) is 0 Å². The number of nitrogens with zero attached hydrogens (tertiary/aromatic N) is 2. The highest BCUT2D eigenvalue weighted by Crippen LogP contribution is 2.43. The van der Waals surface area contributed by atoms with Gasteiger partial charge in [0.05, 0.1) is 18.7 Å². The summed E-state index contributed by atoms with van der Waals surface area (Å²) in [5.74, 6) is -0.630. The monoisotopic (exact) mass is 456 g/mol. The summed E-state index contributed by atoms with van der Waals surface area (Å²) in [5.41, 5.74) is 1.75. The van der Waals surface area contributed by atoms with E-state index in [9.17, 15) is 14.7 Å². The van der Waals surface area contributed by atoms with Gasteiger partial charge in [-0.2, -0.15) is 0 Å². The van der Waals surface area contributed by atoms with Crippen molar-refractivity contribution < 1.29 is 24.2 Å². The van der Waals surface area contributed by atoms with Crippen molar-refractivity contribution in [2.75, 3.05) is 13.7 Å². The van der Waals surface area contributed by atoms with Crippen molar-refractivity contribution in [3.05, 3.63) is 108 Å². The van der Waals surface area contributed by atoms with Crippen LogP contribution < -0.4 is 9.47 Å². The third-order valence-corrected chi connectivity index (χ3v) is 5.54. The fraction of sp³-hybridized carbons (Fsp3) is 0.148. The second-order valence-electron chi connectivity index (χ2n) is 7.65. The van der Waals surface area contributed by atoms with Gasteiger partial charge in [-0.25, -0.2) is 0 Å². The van der Waals surface area contributed by atoms with Crippen molar-refractivity contribution >= 4 is 17.4 Å². The van der Waals surface area contributed by atoms with Crippen LogP contribution in [0.15, 0.2) is 91.3 Å². The van der Waals surface area contributed by atoms with Crippen molar-refractivity contribution in [2.24, 2.45) is 0 Å². The minimum absolute atomic E-state index is 0.00171. The molecule has 1 fully saturated rings. The number of likely N-dealkylation sites (tertiary alicyclic amines) is 1. The summed E-state index contributed by atoms with van der Waals surface area (Å²) in [4.78, 5) is 31.9. The van der Waals surface area contributed by atoms with Crippen LogP contribution in [0.25, 0.3) is 5.76 Å². The molecule has 7 nitrogen and oxygen atoms in total. The third kappa shape index (κ3) is 4.41. The minimum Gasteiger partial charge on any atom is -0.507 e. The number of amides is 1. The standard InChI is InChI=1S/C27H24N2O5/c1-3-15-34-20-12-10-19(11-13-20)25(30)23-24(21-8-4-5-9-22(21)33-2)29(27(32)26(23)31)17-18-7-6-14-28-16-18/h3-14,16,24,30H,1,15,17H2,2H3/b25-23+. The van der Waals surface area contributed by atoms with E-state index >= 15 is 0 Å². The van der Waals surface area contributed by atoms with E-state index in [-0.39, 0.29) is 17.9 Å². The molecule has 2 aromatic carbocycles. The Morgan fingerprint density at radius 2 is 1.88 bits per heavy atom. The summed E-state index contributed by atoms with van der Waals surface area (Å²) < 4.78 is 11.0. The van der Waals surface area contributed by atoms with Crippen LogP contribution in [0.3, 0.4) is 0 Å². The Bertz CT molecular complexity index is 1240. The van der Waals surface area contributed by atoms with Crippen LogP contribution in [0, 0.1) is 0 Å². The zero-order valence-corrected chi connectivity index (χ0v) is 18.7. The number of ketones is 1. The Morgan fingerprint density at radius 1 is 1.12 bits per heavy atom. The first-order valence-electron chi connectivity index (χ1n) is 10.7. The number of benzene rings is 2. The number of rotatable bonds is 8. The van der Waals surface area contributed by atoms with Crippen LogP contribution in [-0.2, 0) is 16.1 Å². The quantitative estimate of drug-likeness (QED) is 0.236. The lowest BCUT2D eigenvalue weighted by Crippen LogP contribution is -2.29. The first kappa shape index (κ1) is 22.8. The minimum atomic E-state index is -0.840. The van der Waals surface area contributed by atoms with Gasteiger partial charge in [-0.1, -0.05) is 36.9 Å². The highest BCUT2D eigenvalue weighted by molar-refractivity contribution is 6.46. The molecule has 34 heavy (non-hydrogen) atoms. The van der Waals surface area contributed by atoms with Gasteiger partial charge in [-0.15, -0.1) is 0 Å². The van der Waals surface area contributed by atoms with E-state index in [2.05, 4.69) is 11.6 Å². The third-order valence-electron chi connectivity index (χ3n) is 5.54. The van der Waals surface area contributed by atoms with E-state index < -0.39 is 17.7 Å². The number of methoxy groups -OCH3 is 1. The number of hydrogen-bond donors (Lipinski definition) is 1. The van der Waals surface area contributed by atoms with E-state index in [0.717, 1.165) is 5.56 Å². The van der Waals surface area contributed by atoms with Gasteiger partial charge in [0.25, 0.3) is 11.7 Å². The van der Waals surface area contributed by atoms with Gasteiger partial charge in [0.15, 0.2) is 0 Å². The molecule has 1 aliphatic heterocycles. The Labute approximate surface area is 197 Å². The Morgan fingerprint density at radius 3 is 2.56 bits per heavy atom. The molecule has 1 aromatic heterocycles. The summed E-state index contributed by atoms with van der Waals surface area (Å²) in [6.45, 7) is 4.11. The first-order chi connectivity index (χ1) is 16.5. The molecule has 2 heterocycles. The first-order valence-corrected chi connectivity index (χ1v) is 10.7. The molecule has 3 aromatic rings. The lowest BCUT2D eigenvalue weighted by atomic mass is 9.94. The van der Waals surface area contributed by atoms with Gasteiger partial charge in [-0.05, 0) is 42.0 Å². The zero-order valence-electron chi connectivity index (χ0n) is 18.7. The molecule has 0 spiro atoms. The van der Waals surface area contributed by atoms with Gasteiger partial charge in [0.1, 0.15) is 23.9 Å². The Balaban J connectivity index is 1.82. The molecule has 0 radical (unpaired) electrons. The molecule has 172 valence electrons. The van der Waals surface area contributed by atoms with E-state index in [4.69, 9.17) is 9.47 Å². The molecule has 1 atom stereocenters. The fourth-order valence-corrected chi connectivity index (χ4v) is 3.97. The fourth-order valence-electron chi connectivity index (χ4n) is 3.97. The second kappa shape index (κ2) is 10.0. The zero-order chi connectivity index (χ0) is 24.1. The average molecular weight is 456 g/mol. The largest absolute Gasteiger partial charge is 0.507 e. The number of hydrogen-bond acceptors (Lipinski definition) is 6. The number of aliphatic hydroxyl groups is 1. The summed E-state index contributed by atoms with van der Waals surface area (Å²) in [7, 11) is 1.52. The molecule has 7 heteroatoms. The summed E-state index contributed by atoms with van der Waals surface area (Å²) in [6.07, 6.45) is 4.91. The van der Waals surface area contributed by atoms with Gasteiger partial charge in [0, 0.05) is 30.1 Å². The second-order valence-corrected chi connectivity index (χ2v) is 7.65. The van der Waals surface area contributed by atoms with Gasteiger partial charge >= 0.3 is 0 Å². The molecule has 4 rings (SSSR count). The normalized spacial score (nSPS) is 17.0. The highest BCUT2D eigenvalue weighted by atomic mass is 16.5. The van der Waals surface area contributed by atoms with E-state index in [1.54, 1.807) is 73.1 Å². The van der Waals surface area contributed by atoms with Gasteiger partial charge < -0.3 is 19.5 Å². The lowest BCUT2D eigenvalue weighted by Gasteiger charge is -2.26. The molecule has 1 amide bonds. The molecule has 0 bridgehead atoms. The maximum absolute atomic E-state index is 13.2. The number of ether oxygens (including phenoxy) is 2. The van der Waals surface area contributed by atoms with E-state index in [1.165, 1.54) is 12.0 Å². The molecule has 1 N–H and O–H groups in total. The van der Waals surface area contributed by atoms with Crippen molar-refractivity contribution in [1.82, 2.24) is 9.88 Å². The van der Waals surface area contributed by atoms with Crippen LogP contribution in [0.1, 0.15) is 22.7 Å². The van der Waals surface area contributed by atoms with Crippen LogP contribution >= 0.6 is 0 Å². The molecule has 1 aliphatic rings. The molecule has 1 unspecified atom stereocenters. The summed E-state index contributed by atoms with van der Waals surface area (Å²) >= 11 is 0. The number of Topliss-reactive ketones (excluding diaryl/α,β-unsaturated/α-hetero) is 1. The smallest absolute Gasteiger partial charge is 0.295 e. The molecule has 0 aliphatic carbocycles. The number of aliphatic hydroxyl groups excluding tert-OH is 1. The van der Waals surface area contributed by atoms with Gasteiger partial charge in [-0.3, -0.25) is 14.6 Å². The Hall–Kier alpha value is -4.39. The number of pyridine rings is 1. The van der Waals surface area contributed by atoms with Crippen molar-refractivity contribution in [3.8, 4) is 11.5 Å². The molecule has 0 saturated carbocycles. The number of carbonyl (C=O) groups excluding carboxylic acids is 2. The van der Waals surface area contributed by atoms with Crippen molar-refractivity contribution in [2.45, 2.75) is 12.6 Å². The van der Waals surface area contributed by atoms with Crippen molar-refractivity contribution in [1.29, 1.82) is 0 Å². The topological polar surface area (TPSA) is 89.0 Å². The van der Waals surface area contributed by atoms with Gasteiger partial charge in [0.2, 0.25) is 0 Å². The number of carbonyl (C=O) groups is 2. The molecular weight excluding hydrogens is 432 g/mol. The van der Waals surface area contributed by atoms with Crippen molar-refractivity contribution in [3.63, 3.8) is 0 Å². The predicted molar refractivity (Wildman–Crippen MR) is 127 cm³/mol. The molecule has 1 saturated heterocycles. The average Bonchev–Trinajstić information content (AvgIpc) is 3.12. The van der Waals surface area contributed by atoms with Crippen LogP contribution in [0.5, 0.6) is 11.5 Å². The number of aromatic nitrogens is 1. The predicted octanol–water partition coefficient (Wildman–Crippen LogP) is 4.28. The summed E-state index contributed by atoms with van der Waals surface area (Å²) in [5, 5.41) is 11.2. The maximum Gasteiger partial charge on any atom is 0.295 e. The highest BCUT2D eigenvalue weighted by Gasteiger charge is 2.47. The Kier molecular flexibility index (Phi) is 6.73. The maximum atomic E-state index is 13.2. The summed E-state index contributed by atoms with van der Waals surface area (Å²) in [6, 6.07) is 16.5. The molecular formula is C27H24N2O5. The lowest BCUT2D eigenvalue weighted by molar-refractivity contribution is -0.140. The van der Waals surface area contributed by atoms with E-state index in [0.29, 0.717) is 29.2 Å². The number of para-hydroxylation sites is 1. The van der Waals surface area contributed by atoms with Crippen LogP contribution in [-0.4, -0.2) is 40.4 Å².